The van der Waals surface area contributed by atoms with Gasteiger partial charge in [0.15, 0.2) is 5.17 Å². The maximum Gasteiger partial charge on any atom is 0.267 e. The molecule has 0 radical (unpaired) electrons. The lowest BCUT2D eigenvalue weighted by Gasteiger charge is -2.12. The number of rotatable bonds is 6. The zero-order valence-corrected chi connectivity index (χ0v) is 19.0. The molecule has 1 fully saturated rings. The lowest BCUT2D eigenvalue weighted by atomic mass is 10.2. The molecule has 1 aromatic heterocycles. The van der Waals surface area contributed by atoms with Crippen LogP contribution in [0.3, 0.4) is 0 Å². The van der Waals surface area contributed by atoms with E-state index >= 15 is 0 Å². The summed E-state index contributed by atoms with van der Waals surface area (Å²) in [5.41, 5.74) is 1.72. The van der Waals surface area contributed by atoms with E-state index in [1.54, 1.807) is 30.6 Å². The summed E-state index contributed by atoms with van der Waals surface area (Å²) >= 11 is 4.71. The van der Waals surface area contributed by atoms with Crippen molar-refractivity contribution in [2.75, 3.05) is 7.11 Å². The third-order valence-corrected chi connectivity index (χ3v) is 5.90. The van der Waals surface area contributed by atoms with Gasteiger partial charge < -0.3 is 9.15 Å². The average molecular weight is 496 g/mol. The molecule has 1 aliphatic heterocycles. The van der Waals surface area contributed by atoms with E-state index in [9.17, 15) is 4.79 Å². The van der Waals surface area contributed by atoms with E-state index in [-0.39, 0.29) is 12.5 Å². The highest BCUT2D eigenvalue weighted by molar-refractivity contribution is 9.10. The van der Waals surface area contributed by atoms with Crippen molar-refractivity contribution in [3.63, 3.8) is 0 Å². The fraction of sp³-hybridized carbons (Fsp3) is 0.0870. The second kappa shape index (κ2) is 9.80. The molecule has 0 spiro atoms. The summed E-state index contributed by atoms with van der Waals surface area (Å²) in [6, 6.07) is 18.9. The Morgan fingerprint density at radius 3 is 2.81 bits per heavy atom. The van der Waals surface area contributed by atoms with Crippen molar-refractivity contribution < 1.29 is 13.9 Å². The molecule has 0 unspecified atom stereocenters. The van der Waals surface area contributed by atoms with Crippen LogP contribution < -0.4 is 4.74 Å². The number of carbonyl (C=O) groups is 1. The standard InChI is InChI=1S/C23H18BrN3O3S/c1-29-20-10-3-2-7-17(20)13-21-22(28)27(15-19-9-5-11-30-19)23(31-21)26-25-14-16-6-4-8-18(24)12-16/h2-14H,15H2,1H3/b21-13-,25-14+,26-23-. The number of furan rings is 1. The Hall–Kier alpha value is -3.10. The molecule has 2 aromatic carbocycles. The van der Waals surface area contributed by atoms with Crippen LogP contribution in [0.1, 0.15) is 16.9 Å². The average Bonchev–Trinajstić information content (AvgIpc) is 3.39. The summed E-state index contributed by atoms with van der Waals surface area (Å²) in [5, 5.41) is 9.00. The van der Waals surface area contributed by atoms with Gasteiger partial charge in [0.2, 0.25) is 0 Å². The van der Waals surface area contributed by atoms with Gasteiger partial charge in [-0.15, -0.1) is 5.10 Å². The Balaban J connectivity index is 1.64. The quantitative estimate of drug-likeness (QED) is 0.255. The number of carbonyl (C=O) groups excluding carboxylic acids is 1. The number of amidine groups is 1. The Bertz CT molecular complexity index is 1170. The Morgan fingerprint density at radius 1 is 1.16 bits per heavy atom. The van der Waals surface area contributed by atoms with E-state index in [1.165, 1.54) is 11.8 Å². The van der Waals surface area contributed by atoms with E-state index in [2.05, 4.69) is 26.1 Å². The SMILES string of the molecule is COc1ccccc1/C=C1\S/C(=N\N=C\c2cccc(Br)c2)N(Cc2ccco2)C1=O. The molecule has 0 bridgehead atoms. The van der Waals surface area contributed by atoms with Crippen LogP contribution in [-0.2, 0) is 11.3 Å². The number of ether oxygens (including phenoxy) is 1. The molecular formula is C23H18BrN3O3S. The number of amides is 1. The summed E-state index contributed by atoms with van der Waals surface area (Å²) in [7, 11) is 1.60. The van der Waals surface area contributed by atoms with Crippen LogP contribution in [0.25, 0.3) is 6.08 Å². The number of para-hydroxylation sites is 1. The summed E-state index contributed by atoms with van der Waals surface area (Å²) in [6.45, 7) is 0.271. The van der Waals surface area contributed by atoms with Crippen LogP contribution in [0.15, 0.2) is 90.9 Å². The van der Waals surface area contributed by atoms with Crippen molar-refractivity contribution in [2.24, 2.45) is 10.2 Å². The smallest absolute Gasteiger partial charge is 0.267 e. The van der Waals surface area contributed by atoms with Crippen LogP contribution in [-0.4, -0.2) is 29.3 Å². The summed E-state index contributed by atoms with van der Waals surface area (Å²) in [4.78, 5) is 15.2. The topological polar surface area (TPSA) is 67.4 Å². The van der Waals surface area contributed by atoms with Gasteiger partial charge in [0, 0.05) is 10.0 Å². The third kappa shape index (κ3) is 5.15. The van der Waals surface area contributed by atoms with Crippen molar-refractivity contribution in [1.82, 2.24) is 4.90 Å². The van der Waals surface area contributed by atoms with Gasteiger partial charge in [-0.05, 0) is 53.7 Å². The third-order valence-electron chi connectivity index (χ3n) is 4.41. The van der Waals surface area contributed by atoms with Gasteiger partial charge in [-0.25, -0.2) is 0 Å². The number of hydrogen-bond acceptors (Lipinski definition) is 6. The lowest BCUT2D eigenvalue weighted by Crippen LogP contribution is -2.28. The fourth-order valence-corrected chi connectivity index (χ4v) is 4.28. The van der Waals surface area contributed by atoms with Crippen LogP contribution in [0, 0.1) is 0 Å². The summed E-state index contributed by atoms with van der Waals surface area (Å²) < 4.78 is 11.8. The molecule has 31 heavy (non-hydrogen) atoms. The number of nitrogens with zero attached hydrogens (tertiary/aromatic N) is 3. The van der Waals surface area contributed by atoms with Crippen molar-refractivity contribution in [2.45, 2.75) is 6.54 Å². The second-order valence-corrected chi connectivity index (χ2v) is 8.43. The normalized spacial score (nSPS) is 16.7. The molecule has 1 saturated heterocycles. The van der Waals surface area contributed by atoms with Crippen LogP contribution in [0.2, 0.25) is 0 Å². The molecule has 0 atom stereocenters. The highest BCUT2D eigenvalue weighted by Gasteiger charge is 2.34. The molecule has 6 nitrogen and oxygen atoms in total. The minimum atomic E-state index is -0.163. The van der Waals surface area contributed by atoms with E-state index in [1.807, 2.05) is 60.7 Å². The Kier molecular flexibility index (Phi) is 6.69. The number of benzene rings is 2. The number of halogens is 1. The van der Waals surface area contributed by atoms with Crippen molar-refractivity contribution in [1.29, 1.82) is 0 Å². The molecule has 156 valence electrons. The highest BCUT2D eigenvalue weighted by atomic mass is 79.9. The molecule has 1 amide bonds. The predicted octanol–water partition coefficient (Wildman–Crippen LogP) is 5.56. The number of hydrogen-bond donors (Lipinski definition) is 0. The van der Waals surface area contributed by atoms with Crippen molar-refractivity contribution in [3.8, 4) is 5.75 Å². The van der Waals surface area contributed by atoms with Crippen molar-refractivity contribution in [3.05, 3.63) is 93.2 Å². The monoisotopic (exact) mass is 495 g/mol. The Morgan fingerprint density at radius 2 is 2.03 bits per heavy atom. The molecule has 2 heterocycles. The fourth-order valence-electron chi connectivity index (χ4n) is 2.94. The zero-order chi connectivity index (χ0) is 21.6. The first-order valence-electron chi connectivity index (χ1n) is 9.37. The number of methoxy groups -OCH3 is 1. The maximum atomic E-state index is 13.1. The van der Waals surface area contributed by atoms with Crippen LogP contribution in [0.4, 0.5) is 0 Å². The van der Waals surface area contributed by atoms with Gasteiger partial charge in [-0.3, -0.25) is 9.69 Å². The first-order chi connectivity index (χ1) is 15.1. The molecule has 1 aliphatic rings. The Labute approximate surface area is 192 Å². The van der Waals surface area contributed by atoms with Crippen LogP contribution >= 0.6 is 27.7 Å². The second-order valence-electron chi connectivity index (χ2n) is 6.51. The molecular weight excluding hydrogens is 478 g/mol. The predicted molar refractivity (Wildman–Crippen MR) is 127 cm³/mol. The molecule has 0 saturated carbocycles. The van der Waals surface area contributed by atoms with Gasteiger partial charge in [0.1, 0.15) is 11.5 Å². The van der Waals surface area contributed by atoms with Crippen LogP contribution in [0.5, 0.6) is 5.75 Å². The van der Waals surface area contributed by atoms with Gasteiger partial charge in [-0.1, -0.05) is 46.3 Å². The summed E-state index contributed by atoms with van der Waals surface area (Å²) in [5.74, 6) is 1.19. The first-order valence-corrected chi connectivity index (χ1v) is 11.0. The van der Waals surface area contributed by atoms with Gasteiger partial charge in [0.25, 0.3) is 5.91 Å². The van der Waals surface area contributed by atoms with E-state index in [0.717, 1.165) is 15.6 Å². The van der Waals surface area contributed by atoms with E-state index in [0.29, 0.717) is 21.6 Å². The molecule has 8 heteroatoms. The van der Waals surface area contributed by atoms with E-state index < -0.39 is 0 Å². The maximum absolute atomic E-state index is 13.1. The molecule has 4 rings (SSSR count). The zero-order valence-electron chi connectivity index (χ0n) is 16.6. The highest BCUT2D eigenvalue weighted by Crippen LogP contribution is 2.35. The lowest BCUT2D eigenvalue weighted by molar-refractivity contribution is -0.122. The molecule has 0 N–H and O–H groups in total. The number of thioether (sulfide) groups is 1. The van der Waals surface area contributed by atoms with Gasteiger partial charge in [0.05, 0.1) is 31.0 Å². The largest absolute Gasteiger partial charge is 0.496 e. The first kappa shape index (κ1) is 21.1. The van der Waals surface area contributed by atoms with Gasteiger partial charge in [-0.2, -0.15) is 5.10 Å². The minimum absolute atomic E-state index is 0.163. The summed E-state index contributed by atoms with van der Waals surface area (Å²) in [6.07, 6.45) is 5.04. The van der Waals surface area contributed by atoms with Crippen molar-refractivity contribution >= 4 is 51.1 Å². The molecule has 3 aromatic rings. The minimum Gasteiger partial charge on any atom is -0.496 e. The molecule has 0 aliphatic carbocycles. The van der Waals surface area contributed by atoms with E-state index in [4.69, 9.17) is 9.15 Å². The van der Waals surface area contributed by atoms with Gasteiger partial charge >= 0.3 is 0 Å².